The minimum Gasteiger partial charge on any atom is -0.388 e. The molecule has 0 saturated carbocycles. The van der Waals surface area contributed by atoms with Crippen LogP contribution in [0.15, 0.2) is 34.7 Å². The number of thiocarbonyl (C=S) groups is 1. The molecule has 21 heavy (non-hydrogen) atoms. The lowest BCUT2D eigenvalue weighted by molar-refractivity contribution is 0.394. The number of aromatic nitrogens is 1. The summed E-state index contributed by atoms with van der Waals surface area (Å²) in [6.07, 6.45) is 2.22. The smallest absolute Gasteiger partial charge is 0.245 e. The molecule has 1 aliphatic heterocycles. The number of sulfonamides is 1. The molecule has 1 aliphatic rings. The van der Waals surface area contributed by atoms with E-state index in [-0.39, 0.29) is 15.6 Å². The van der Waals surface area contributed by atoms with Crippen molar-refractivity contribution in [2.24, 2.45) is 5.73 Å². The minimum absolute atomic E-state index is 0.0117. The highest BCUT2D eigenvalue weighted by Gasteiger charge is 2.31. The molecule has 110 valence electrons. The second kappa shape index (κ2) is 5.45. The van der Waals surface area contributed by atoms with Crippen LogP contribution in [0.25, 0.3) is 0 Å². The van der Waals surface area contributed by atoms with Crippen molar-refractivity contribution in [1.82, 2.24) is 9.29 Å². The Labute approximate surface area is 132 Å². The molecular formula is C13H13N3O2S3. The molecule has 0 unspecified atom stereocenters. The van der Waals surface area contributed by atoms with E-state index in [0.29, 0.717) is 13.1 Å². The van der Waals surface area contributed by atoms with Gasteiger partial charge in [-0.05, 0) is 35.6 Å². The SMILES string of the molecule is NC(=S)c1ncccc1S(=O)(=O)N1CCc2sccc2C1. The minimum atomic E-state index is -3.65. The van der Waals surface area contributed by atoms with E-state index in [1.54, 1.807) is 17.4 Å². The van der Waals surface area contributed by atoms with Gasteiger partial charge in [0.1, 0.15) is 15.6 Å². The topological polar surface area (TPSA) is 76.3 Å². The second-order valence-electron chi connectivity index (χ2n) is 4.67. The van der Waals surface area contributed by atoms with Crippen molar-refractivity contribution in [3.05, 3.63) is 45.9 Å². The lowest BCUT2D eigenvalue weighted by Crippen LogP contribution is -2.36. The first-order chi connectivity index (χ1) is 10.00. The Morgan fingerprint density at radius 1 is 1.43 bits per heavy atom. The van der Waals surface area contributed by atoms with Gasteiger partial charge in [0.05, 0.1) is 0 Å². The summed E-state index contributed by atoms with van der Waals surface area (Å²) in [5, 5.41) is 1.99. The number of nitrogens with two attached hydrogens (primary N) is 1. The highest BCUT2D eigenvalue weighted by atomic mass is 32.2. The van der Waals surface area contributed by atoms with Gasteiger partial charge in [-0.15, -0.1) is 11.3 Å². The van der Waals surface area contributed by atoms with Crippen LogP contribution < -0.4 is 5.73 Å². The van der Waals surface area contributed by atoms with Crippen LogP contribution in [0, 0.1) is 0 Å². The lowest BCUT2D eigenvalue weighted by atomic mass is 10.1. The van der Waals surface area contributed by atoms with Crippen LogP contribution in [-0.2, 0) is 23.0 Å². The van der Waals surface area contributed by atoms with Crippen LogP contribution in [-0.4, -0.2) is 29.2 Å². The van der Waals surface area contributed by atoms with Crippen molar-refractivity contribution in [2.75, 3.05) is 6.54 Å². The van der Waals surface area contributed by atoms with Crippen molar-refractivity contribution in [3.63, 3.8) is 0 Å². The number of pyridine rings is 1. The molecule has 2 aromatic heterocycles. The van der Waals surface area contributed by atoms with Gasteiger partial charge >= 0.3 is 0 Å². The number of nitrogens with zero attached hydrogens (tertiary/aromatic N) is 2. The Kier molecular flexibility index (Phi) is 3.78. The first kappa shape index (κ1) is 14.6. The Hall–Kier alpha value is -1.35. The maximum atomic E-state index is 12.8. The molecule has 0 bridgehead atoms. The standard InChI is InChI=1S/C13H13N3O2S3/c14-13(19)12-11(2-1-5-15-12)21(17,18)16-6-3-10-9(8-16)4-7-20-10/h1-2,4-5,7H,3,6,8H2,(H2,14,19). The Bertz CT molecular complexity index is 798. The largest absolute Gasteiger partial charge is 0.388 e. The van der Waals surface area contributed by atoms with Gasteiger partial charge in [-0.2, -0.15) is 4.31 Å². The molecule has 8 heteroatoms. The molecule has 3 heterocycles. The van der Waals surface area contributed by atoms with Gasteiger partial charge < -0.3 is 5.73 Å². The van der Waals surface area contributed by atoms with Crippen LogP contribution in [0.4, 0.5) is 0 Å². The molecular weight excluding hydrogens is 326 g/mol. The van der Waals surface area contributed by atoms with E-state index in [4.69, 9.17) is 18.0 Å². The molecule has 0 radical (unpaired) electrons. The number of hydrogen-bond donors (Lipinski definition) is 1. The lowest BCUT2D eigenvalue weighted by Gasteiger charge is -2.26. The van der Waals surface area contributed by atoms with Gasteiger partial charge in [-0.25, -0.2) is 8.42 Å². The van der Waals surface area contributed by atoms with E-state index in [0.717, 1.165) is 12.0 Å². The molecule has 0 fully saturated rings. The Balaban J connectivity index is 2.01. The van der Waals surface area contributed by atoms with Crippen molar-refractivity contribution < 1.29 is 8.42 Å². The van der Waals surface area contributed by atoms with E-state index < -0.39 is 10.0 Å². The van der Waals surface area contributed by atoms with E-state index in [9.17, 15) is 8.42 Å². The van der Waals surface area contributed by atoms with Gasteiger partial charge in [0.25, 0.3) is 0 Å². The highest BCUT2D eigenvalue weighted by Crippen LogP contribution is 2.28. The molecule has 0 aliphatic carbocycles. The molecule has 0 atom stereocenters. The molecule has 2 aromatic rings. The van der Waals surface area contributed by atoms with Crippen LogP contribution in [0.3, 0.4) is 0 Å². The van der Waals surface area contributed by atoms with E-state index in [1.165, 1.54) is 21.4 Å². The summed E-state index contributed by atoms with van der Waals surface area (Å²) in [7, 11) is -3.65. The number of thiophene rings is 1. The van der Waals surface area contributed by atoms with Gasteiger partial charge in [0, 0.05) is 24.2 Å². The van der Waals surface area contributed by atoms with Crippen LogP contribution in [0.1, 0.15) is 16.1 Å². The van der Waals surface area contributed by atoms with Crippen molar-refractivity contribution in [2.45, 2.75) is 17.9 Å². The summed E-state index contributed by atoms with van der Waals surface area (Å²) < 4.78 is 27.1. The fourth-order valence-electron chi connectivity index (χ4n) is 2.35. The average molecular weight is 339 g/mol. The fraction of sp³-hybridized carbons (Fsp3) is 0.231. The Morgan fingerprint density at radius 2 is 2.24 bits per heavy atom. The summed E-state index contributed by atoms with van der Waals surface area (Å²) in [5.74, 6) is 0. The van der Waals surface area contributed by atoms with Gasteiger partial charge in [-0.1, -0.05) is 12.2 Å². The molecule has 3 rings (SSSR count). The van der Waals surface area contributed by atoms with Crippen LogP contribution in [0.5, 0.6) is 0 Å². The summed E-state index contributed by atoms with van der Waals surface area (Å²) >= 11 is 6.57. The zero-order chi connectivity index (χ0) is 15.0. The maximum Gasteiger partial charge on any atom is 0.245 e. The average Bonchev–Trinajstić information content (AvgIpc) is 2.94. The summed E-state index contributed by atoms with van der Waals surface area (Å²) in [6, 6.07) is 5.05. The van der Waals surface area contributed by atoms with Crippen molar-refractivity contribution in [3.8, 4) is 0 Å². The molecule has 5 nitrogen and oxygen atoms in total. The molecule has 0 saturated heterocycles. The monoisotopic (exact) mass is 339 g/mol. The predicted molar refractivity (Wildman–Crippen MR) is 85.7 cm³/mol. The zero-order valence-electron chi connectivity index (χ0n) is 11.0. The third kappa shape index (κ3) is 2.59. The first-order valence-corrected chi connectivity index (χ1v) is 9.03. The third-order valence-corrected chi connectivity index (χ3v) is 6.49. The second-order valence-corrected chi connectivity index (χ2v) is 8.02. The van der Waals surface area contributed by atoms with Crippen LogP contribution in [0.2, 0.25) is 0 Å². The number of rotatable bonds is 3. The fourth-order valence-corrected chi connectivity index (χ4v) is 5.04. The quantitative estimate of drug-likeness (QED) is 0.858. The highest BCUT2D eigenvalue weighted by molar-refractivity contribution is 7.89. The molecule has 2 N–H and O–H groups in total. The molecule has 0 aromatic carbocycles. The summed E-state index contributed by atoms with van der Waals surface area (Å²) in [6.45, 7) is 0.842. The van der Waals surface area contributed by atoms with E-state index >= 15 is 0 Å². The maximum absolute atomic E-state index is 12.8. The number of fused-ring (bicyclic) bond motifs is 1. The van der Waals surface area contributed by atoms with Crippen molar-refractivity contribution in [1.29, 1.82) is 0 Å². The zero-order valence-corrected chi connectivity index (χ0v) is 13.5. The van der Waals surface area contributed by atoms with Crippen LogP contribution >= 0.6 is 23.6 Å². The normalized spacial score (nSPS) is 15.6. The third-order valence-electron chi connectivity index (χ3n) is 3.39. The molecule has 0 spiro atoms. The Morgan fingerprint density at radius 3 is 3.00 bits per heavy atom. The number of hydrogen-bond acceptors (Lipinski definition) is 5. The first-order valence-electron chi connectivity index (χ1n) is 6.30. The van der Waals surface area contributed by atoms with E-state index in [1.807, 2.05) is 11.4 Å². The van der Waals surface area contributed by atoms with Crippen molar-refractivity contribution >= 4 is 38.6 Å². The summed E-state index contributed by atoms with van der Waals surface area (Å²) in [4.78, 5) is 5.32. The molecule has 0 amide bonds. The van der Waals surface area contributed by atoms with Gasteiger partial charge in [-0.3, -0.25) is 4.98 Å². The van der Waals surface area contributed by atoms with Gasteiger partial charge in [0.2, 0.25) is 10.0 Å². The van der Waals surface area contributed by atoms with Gasteiger partial charge in [0.15, 0.2) is 0 Å². The predicted octanol–water partition coefficient (Wildman–Crippen LogP) is 1.52. The summed E-state index contributed by atoms with van der Waals surface area (Å²) in [5.41, 5.74) is 6.81. The van der Waals surface area contributed by atoms with E-state index in [2.05, 4.69) is 4.98 Å².